The van der Waals surface area contributed by atoms with Gasteiger partial charge in [0.05, 0.1) is 0 Å². The summed E-state index contributed by atoms with van der Waals surface area (Å²) in [4.78, 5) is 12.6. The zero-order valence-electron chi connectivity index (χ0n) is 11.6. The molecule has 4 rings (SSSR count). The maximum Gasteiger partial charge on any atom is 0.162 e. The van der Waals surface area contributed by atoms with Crippen molar-refractivity contribution in [2.75, 3.05) is 0 Å². The average Bonchev–Trinajstić information content (AvgIpc) is 2.35. The van der Waals surface area contributed by atoms with Crippen LogP contribution in [0.3, 0.4) is 0 Å². The van der Waals surface area contributed by atoms with Crippen molar-refractivity contribution in [1.29, 1.82) is 0 Å². The van der Waals surface area contributed by atoms with Crippen LogP contribution in [0.5, 0.6) is 0 Å². The molecule has 0 radical (unpaired) electrons. The highest BCUT2D eigenvalue weighted by Crippen LogP contribution is 2.61. The predicted molar refractivity (Wildman–Crippen MR) is 79.0 cm³/mol. The number of carbonyl (C=O) groups is 1. The molecule has 2 heteroatoms. The molecule has 0 saturated heterocycles. The van der Waals surface area contributed by atoms with Gasteiger partial charge in [-0.25, -0.2) is 0 Å². The summed E-state index contributed by atoms with van der Waals surface area (Å²) in [5.74, 6) is 1.60. The predicted octanol–water partition coefficient (Wildman–Crippen LogP) is 4.60. The molecule has 0 aliphatic heterocycles. The van der Waals surface area contributed by atoms with Gasteiger partial charge < -0.3 is 0 Å². The minimum Gasteiger partial charge on any atom is -0.294 e. The van der Waals surface area contributed by atoms with Crippen LogP contribution in [0.2, 0.25) is 5.02 Å². The third-order valence-electron chi connectivity index (χ3n) is 5.23. The minimum absolute atomic E-state index is 0.188. The van der Waals surface area contributed by atoms with Crippen LogP contribution in [-0.2, 0) is 4.79 Å². The van der Waals surface area contributed by atoms with E-state index in [2.05, 4.69) is 26.8 Å². The molecule has 0 aromatic heterocycles. The van der Waals surface area contributed by atoms with Crippen LogP contribution < -0.4 is 0 Å². The molecular weight excluding hydrogens is 256 g/mol. The Morgan fingerprint density at radius 2 is 1.89 bits per heavy atom. The van der Waals surface area contributed by atoms with Crippen molar-refractivity contribution in [3.8, 4) is 0 Å². The van der Waals surface area contributed by atoms with Crippen molar-refractivity contribution in [1.82, 2.24) is 0 Å². The lowest BCUT2D eigenvalue weighted by Gasteiger charge is -2.59. The molecule has 3 atom stereocenters. The monoisotopic (exact) mass is 274 g/mol. The molecule has 3 fully saturated rings. The highest BCUT2D eigenvalue weighted by atomic mass is 35.5. The van der Waals surface area contributed by atoms with E-state index in [-0.39, 0.29) is 11.3 Å². The molecule has 0 spiro atoms. The number of carbonyl (C=O) groups excluding carboxylic acids is 1. The summed E-state index contributed by atoms with van der Waals surface area (Å²) in [7, 11) is 0. The van der Waals surface area contributed by atoms with Crippen LogP contribution in [0.1, 0.15) is 32.8 Å². The number of hydrogen-bond donors (Lipinski definition) is 0. The fourth-order valence-corrected chi connectivity index (χ4v) is 3.96. The van der Waals surface area contributed by atoms with E-state index >= 15 is 0 Å². The summed E-state index contributed by atoms with van der Waals surface area (Å²) in [5, 5.41) is 0.731. The molecule has 3 saturated carbocycles. The molecule has 100 valence electrons. The molecule has 3 aliphatic carbocycles. The van der Waals surface area contributed by atoms with Crippen LogP contribution >= 0.6 is 11.6 Å². The Kier molecular flexibility index (Phi) is 2.86. The van der Waals surface area contributed by atoms with Crippen LogP contribution in [0.25, 0.3) is 6.08 Å². The summed E-state index contributed by atoms with van der Waals surface area (Å²) in [5.41, 5.74) is 2.26. The fraction of sp³-hybridized carbons (Fsp3) is 0.471. The lowest BCUT2D eigenvalue weighted by Crippen LogP contribution is -2.57. The van der Waals surface area contributed by atoms with Gasteiger partial charge >= 0.3 is 0 Å². The maximum atomic E-state index is 12.6. The van der Waals surface area contributed by atoms with Gasteiger partial charge in [0.1, 0.15) is 0 Å². The van der Waals surface area contributed by atoms with Gasteiger partial charge in [-0.2, -0.15) is 0 Å². The molecule has 0 heterocycles. The first-order chi connectivity index (χ1) is 8.91. The van der Waals surface area contributed by atoms with Gasteiger partial charge in [0.15, 0.2) is 5.78 Å². The van der Waals surface area contributed by atoms with Crippen LogP contribution in [0, 0.1) is 23.2 Å². The lowest BCUT2D eigenvalue weighted by molar-refractivity contribution is -0.146. The van der Waals surface area contributed by atoms with Gasteiger partial charge in [-0.3, -0.25) is 4.79 Å². The van der Waals surface area contributed by atoms with Crippen molar-refractivity contribution >= 4 is 23.5 Å². The van der Waals surface area contributed by atoms with E-state index in [0.29, 0.717) is 17.6 Å². The van der Waals surface area contributed by atoms with Gasteiger partial charge in [0.2, 0.25) is 0 Å². The largest absolute Gasteiger partial charge is 0.294 e. The first-order valence-electron chi connectivity index (χ1n) is 6.92. The second-order valence-corrected chi connectivity index (χ2v) is 6.96. The molecule has 2 bridgehead atoms. The maximum absolute atomic E-state index is 12.6. The zero-order valence-corrected chi connectivity index (χ0v) is 12.4. The number of halogens is 1. The molecule has 3 aliphatic rings. The number of hydrogen-bond acceptors (Lipinski definition) is 1. The second-order valence-electron chi connectivity index (χ2n) is 6.52. The van der Waals surface area contributed by atoms with Crippen molar-refractivity contribution in [2.24, 2.45) is 23.2 Å². The van der Waals surface area contributed by atoms with E-state index in [1.54, 1.807) is 0 Å². The highest BCUT2D eigenvalue weighted by molar-refractivity contribution is 6.30. The molecule has 0 N–H and O–H groups in total. The zero-order chi connectivity index (χ0) is 13.8. The Labute approximate surface area is 119 Å². The fourth-order valence-electron chi connectivity index (χ4n) is 3.84. The van der Waals surface area contributed by atoms with Crippen molar-refractivity contribution < 1.29 is 4.79 Å². The van der Waals surface area contributed by atoms with E-state index < -0.39 is 0 Å². The highest BCUT2D eigenvalue weighted by Gasteiger charge is 2.58. The smallest absolute Gasteiger partial charge is 0.162 e. The lowest BCUT2D eigenvalue weighted by atomic mass is 9.44. The number of allylic oxidation sites excluding steroid dienone is 1. The third-order valence-corrected chi connectivity index (χ3v) is 5.48. The summed E-state index contributed by atoms with van der Waals surface area (Å²) < 4.78 is 0. The third kappa shape index (κ3) is 1.87. The molecule has 0 amide bonds. The second kappa shape index (κ2) is 4.21. The molecule has 1 nitrogen and oxygen atoms in total. The van der Waals surface area contributed by atoms with Crippen molar-refractivity contribution in [3.05, 3.63) is 40.4 Å². The van der Waals surface area contributed by atoms with Gasteiger partial charge in [-0.1, -0.05) is 44.5 Å². The summed E-state index contributed by atoms with van der Waals surface area (Å²) >= 11 is 5.89. The quantitative estimate of drug-likeness (QED) is 0.684. The standard InChI is InChI=1S/C17H19ClO/c1-10-13(8-11-4-6-12(18)7-5-11)16(19)15-9-14(10)17(15,2)3/h4-8,10,14-15H,9H2,1-3H3/b13-8+/t10-,14-,15-/m1/s1. The summed E-state index contributed by atoms with van der Waals surface area (Å²) in [6.45, 7) is 6.67. The number of benzene rings is 1. The average molecular weight is 275 g/mol. The van der Waals surface area contributed by atoms with E-state index in [1.807, 2.05) is 24.3 Å². The Morgan fingerprint density at radius 1 is 1.26 bits per heavy atom. The molecule has 1 aromatic rings. The van der Waals surface area contributed by atoms with Crippen LogP contribution in [0.4, 0.5) is 0 Å². The number of ketones is 1. The van der Waals surface area contributed by atoms with Crippen molar-refractivity contribution in [3.63, 3.8) is 0 Å². The number of fused-ring (bicyclic) bond motifs is 2. The van der Waals surface area contributed by atoms with E-state index in [9.17, 15) is 4.79 Å². The molecule has 1 aromatic carbocycles. The molecule has 0 unspecified atom stereocenters. The normalized spacial score (nSPS) is 34.2. The van der Waals surface area contributed by atoms with Gasteiger partial charge in [-0.05, 0) is 53.0 Å². The molecular formula is C17H19ClO. The Hall–Kier alpha value is -1.08. The van der Waals surface area contributed by atoms with Crippen LogP contribution in [-0.4, -0.2) is 5.78 Å². The topological polar surface area (TPSA) is 17.1 Å². The van der Waals surface area contributed by atoms with E-state index in [1.165, 1.54) is 0 Å². The van der Waals surface area contributed by atoms with Crippen LogP contribution in [0.15, 0.2) is 29.8 Å². The molecule has 19 heavy (non-hydrogen) atoms. The SMILES string of the molecule is C[C@@H]1/C(=C\c2ccc(Cl)cc2)C(=O)[C@H]2C[C@H]1C2(C)C. The van der Waals surface area contributed by atoms with Gasteiger partial charge in [-0.15, -0.1) is 0 Å². The Balaban J connectivity index is 1.94. The van der Waals surface area contributed by atoms with E-state index in [0.717, 1.165) is 22.6 Å². The Morgan fingerprint density at radius 3 is 2.42 bits per heavy atom. The number of Topliss-reactive ketones (excluding diaryl/α,β-unsaturated/α-hetero) is 1. The first-order valence-corrected chi connectivity index (χ1v) is 7.30. The van der Waals surface area contributed by atoms with Gasteiger partial charge in [0.25, 0.3) is 0 Å². The first kappa shape index (κ1) is 12.9. The Bertz CT molecular complexity index is 553. The van der Waals surface area contributed by atoms with Gasteiger partial charge in [0, 0.05) is 10.9 Å². The van der Waals surface area contributed by atoms with E-state index in [4.69, 9.17) is 11.6 Å². The summed E-state index contributed by atoms with van der Waals surface area (Å²) in [6.07, 6.45) is 3.13. The van der Waals surface area contributed by atoms with Crippen molar-refractivity contribution in [2.45, 2.75) is 27.2 Å². The number of rotatable bonds is 1. The summed E-state index contributed by atoms with van der Waals surface area (Å²) in [6, 6.07) is 7.69. The minimum atomic E-state index is 0.188.